The van der Waals surface area contributed by atoms with Crippen molar-refractivity contribution in [2.75, 3.05) is 19.6 Å². The fraction of sp³-hybridized carbons (Fsp3) is 0.875. The zero-order valence-electron chi connectivity index (χ0n) is 7.09. The molecular formula is C8H13ClO3. The van der Waals surface area contributed by atoms with Gasteiger partial charge in [0.05, 0.1) is 25.7 Å². The van der Waals surface area contributed by atoms with Gasteiger partial charge in [0, 0.05) is 5.88 Å². The molecular weight excluding hydrogens is 180 g/mol. The number of carbonyl (C=O) groups is 1. The van der Waals surface area contributed by atoms with Crippen molar-refractivity contribution in [1.29, 1.82) is 0 Å². The van der Waals surface area contributed by atoms with Crippen LogP contribution in [0.25, 0.3) is 0 Å². The summed E-state index contributed by atoms with van der Waals surface area (Å²) < 4.78 is 9.90. The first-order chi connectivity index (χ1) is 5.77. The van der Waals surface area contributed by atoms with Gasteiger partial charge in [-0.3, -0.25) is 4.79 Å². The largest absolute Gasteiger partial charge is 0.469 e. The van der Waals surface area contributed by atoms with Crippen LogP contribution < -0.4 is 0 Å². The van der Waals surface area contributed by atoms with Crippen LogP contribution in [0.3, 0.4) is 0 Å². The van der Waals surface area contributed by atoms with Crippen molar-refractivity contribution in [2.45, 2.75) is 18.9 Å². The predicted molar refractivity (Wildman–Crippen MR) is 45.2 cm³/mol. The summed E-state index contributed by atoms with van der Waals surface area (Å²) in [5, 5.41) is 0. The van der Waals surface area contributed by atoms with E-state index in [4.69, 9.17) is 16.3 Å². The molecule has 70 valence electrons. The molecule has 0 heterocycles. The van der Waals surface area contributed by atoms with Crippen molar-refractivity contribution in [3.63, 3.8) is 0 Å². The molecule has 0 bridgehead atoms. The molecule has 0 aliphatic heterocycles. The molecule has 1 saturated carbocycles. The first-order valence-corrected chi connectivity index (χ1v) is 4.56. The van der Waals surface area contributed by atoms with Gasteiger partial charge in [-0.05, 0) is 12.8 Å². The summed E-state index contributed by atoms with van der Waals surface area (Å²) in [5.74, 6) is 0.440. The number of rotatable bonds is 4. The molecule has 0 amide bonds. The Morgan fingerprint density at radius 2 is 2.25 bits per heavy atom. The van der Waals surface area contributed by atoms with E-state index in [-0.39, 0.29) is 18.0 Å². The van der Waals surface area contributed by atoms with Crippen LogP contribution in [-0.2, 0) is 14.3 Å². The molecule has 4 heteroatoms. The predicted octanol–water partition coefficient (Wildman–Crippen LogP) is 1.19. The number of halogens is 1. The van der Waals surface area contributed by atoms with E-state index in [0.717, 1.165) is 12.8 Å². The van der Waals surface area contributed by atoms with E-state index in [1.54, 1.807) is 0 Å². The molecule has 0 aromatic carbocycles. The number of methoxy groups -OCH3 is 1. The Morgan fingerprint density at radius 1 is 1.58 bits per heavy atom. The summed E-state index contributed by atoms with van der Waals surface area (Å²) in [5.41, 5.74) is 0. The normalized spacial score (nSPS) is 27.8. The minimum absolute atomic E-state index is 0.0512. The van der Waals surface area contributed by atoms with Gasteiger partial charge in [-0.15, -0.1) is 11.6 Å². The number of ether oxygens (including phenoxy) is 2. The zero-order valence-corrected chi connectivity index (χ0v) is 7.84. The van der Waals surface area contributed by atoms with Gasteiger partial charge in [-0.1, -0.05) is 0 Å². The summed E-state index contributed by atoms with van der Waals surface area (Å²) in [7, 11) is 1.41. The Balaban J connectivity index is 2.07. The minimum Gasteiger partial charge on any atom is -0.469 e. The summed E-state index contributed by atoms with van der Waals surface area (Å²) in [6, 6.07) is 0. The Hall–Kier alpha value is -0.280. The smallest absolute Gasteiger partial charge is 0.308 e. The summed E-state index contributed by atoms with van der Waals surface area (Å²) >= 11 is 5.44. The van der Waals surface area contributed by atoms with E-state index in [0.29, 0.717) is 12.5 Å². The molecule has 0 aromatic heterocycles. The summed E-state index contributed by atoms with van der Waals surface area (Å²) in [6.45, 7) is 0.570. The number of hydrogen-bond donors (Lipinski definition) is 0. The Labute approximate surface area is 77.0 Å². The lowest BCUT2D eigenvalue weighted by Crippen LogP contribution is -2.37. The lowest BCUT2D eigenvalue weighted by atomic mass is 9.82. The van der Waals surface area contributed by atoms with Crippen molar-refractivity contribution in [1.82, 2.24) is 0 Å². The molecule has 1 fully saturated rings. The molecule has 0 aromatic rings. The van der Waals surface area contributed by atoms with Crippen LogP contribution in [-0.4, -0.2) is 31.7 Å². The molecule has 0 spiro atoms. The van der Waals surface area contributed by atoms with Gasteiger partial charge in [-0.25, -0.2) is 0 Å². The molecule has 12 heavy (non-hydrogen) atoms. The fourth-order valence-corrected chi connectivity index (χ4v) is 1.36. The fourth-order valence-electron chi connectivity index (χ4n) is 1.27. The minimum atomic E-state index is -0.124. The number of hydrogen-bond acceptors (Lipinski definition) is 3. The second-order valence-corrected chi connectivity index (χ2v) is 3.25. The molecule has 0 saturated heterocycles. The van der Waals surface area contributed by atoms with E-state index in [2.05, 4.69) is 4.74 Å². The van der Waals surface area contributed by atoms with Crippen molar-refractivity contribution < 1.29 is 14.3 Å². The maximum absolute atomic E-state index is 10.9. The lowest BCUT2D eigenvalue weighted by Gasteiger charge is -2.32. The van der Waals surface area contributed by atoms with Gasteiger partial charge < -0.3 is 9.47 Å². The summed E-state index contributed by atoms with van der Waals surface area (Å²) in [4.78, 5) is 10.9. The van der Waals surface area contributed by atoms with E-state index >= 15 is 0 Å². The number of alkyl halides is 1. The molecule has 1 rings (SSSR count). The second-order valence-electron chi connectivity index (χ2n) is 2.87. The van der Waals surface area contributed by atoms with Crippen LogP contribution in [0.1, 0.15) is 12.8 Å². The third-order valence-corrected chi connectivity index (χ3v) is 2.21. The van der Waals surface area contributed by atoms with Gasteiger partial charge in [0.2, 0.25) is 0 Å². The van der Waals surface area contributed by atoms with Crippen LogP contribution in [0.15, 0.2) is 0 Å². The zero-order chi connectivity index (χ0) is 8.97. The van der Waals surface area contributed by atoms with Crippen LogP contribution >= 0.6 is 11.6 Å². The van der Waals surface area contributed by atoms with Gasteiger partial charge in [-0.2, -0.15) is 0 Å². The average Bonchev–Trinajstić information content (AvgIpc) is 2.01. The SMILES string of the molecule is COC(=O)C1CC(OCCCl)C1. The second kappa shape index (κ2) is 4.67. The van der Waals surface area contributed by atoms with Crippen LogP contribution in [0.5, 0.6) is 0 Å². The van der Waals surface area contributed by atoms with Crippen molar-refractivity contribution in [2.24, 2.45) is 5.92 Å². The first-order valence-electron chi connectivity index (χ1n) is 4.03. The highest BCUT2D eigenvalue weighted by Crippen LogP contribution is 2.30. The first kappa shape index (κ1) is 9.81. The van der Waals surface area contributed by atoms with Crippen LogP contribution in [0.2, 0.25) is 0 Å². The molecule has 0 radical (unpaired) electrons. The quantitative estimate of drug-likeness (QED) is 0.496. The Kier molecular flexibility index (Phi) is 3.82. The van der Waals surface area contributed by atoms with E-state index in [1.807, 2.05) is 0 Å². The van der Waals surface area contributed by atoms with Crippen LogP contribution in [0, 0.1) is 5.92 Å². The third kappa shape index (κ3) is 2.35. The van der Waals surface area contributed by atoms with Crippen molar-refractivity contribution in [3.8, 4) is 0 Å². The molecule has 0 unspecified atom stereocenters. The molecule has 0 N–H and O–H groups in total. The maximum atomic E-state index is 10.9. The van der Waals surface area contributed by atoms with Crippen LogP contribution in [0.4, 0.5) is 0 Å². The van der Waals surface area contributed by atoms with Crippen molar-refractivity contribution >= 4 is 17.6 Å². The van der Waals surface area contributed by atoms with E-state index < -0.39 is 0 Å². The molecule has 1 aliphatic rings. The number of esters is 1. The highest BCUT2D eigenvalue weighted by Gasteiger charge is 2.35. The van der Waals surface area contributed by atoms with Gasteiger partial charge in [0.1, 0.15) is 0 Å². The average molecular weight is 193 g/mol. The topological polar surface area (TPSA) is 35.5 Å². The standard InChI is InChI=1S/C8H13ClO3/c1-11-8(10)6-4-7(5-6)12-3-2-9/h6-7H,2-5H2,1H3. The number of carbonyl (C=O) groups excluding carboxylic acids is 1. The van der Waals surface area contributed by atoms with Gasteiger partial charge >= 0.3 is 5.97 Å². The Bertz CT molecular complexity index is 154. The molecule has 3 nitrogen and oxygen atoms in total. The maximum Gasteiger partial charge on any atom is 0.308 e. The lowest BCUT2D eigenvalue weighted by molar-refractivity contribution is -0.154. The highest BCUT2D eigenvalue weighted by molar-refractivity contribution is 6.17. The van der Waals surface area contributed by atoms with E-state index in [1.165, 1.54) is 7.11 Å². The van der Waals surface area contributed by atoms with E-state index in [9.17, 15) is 4.79 Å². The third-order valence-electron chi connectivity index (χ3n) is 2.06. The molecule has 0 atom stereocenters. The van der Waals surface area contributed by atoms with Gasteiger partial charge in [0.15, 0.2) is 0 Å². The highest BCUT2D eigenvalue weighted by atomic mass is 35.5. The Morgan fingerprint density at radius 3 is 2.75 bits per heavy atom. The van der Waals surface area contributed by atoms with Crippen molar-refractivity contribution in [3.05, 3.63) is 0 Å². The van der Waals surface area contributed by atoms with Gasteiger partial charge in [0.25, 0.3) is 0 Å². The summed E-state index contributed by atoms with van der Waals surface area (Å²) in [6.07, 6.45) is 1.78. The molecule has 1 aliphatic carbocycles. The monoisotopic (exact) mass is 192 g/mol.